The molecule has 0 radical (unpaired) electrons. The summed E-state index contributed by atoms with van der Waals surface area (Å²) in [5.74, 6) is -1.58. The first kappa shape index (κ1) is 20.3. The van der Waals surface area contributed by atoms with Crippen LogP contribution in [-0.4, -0.2) is 48.5 Å². The molecule has 2 N–H and O–H groups in total. The van der Waals surface area contributed by atoms with Gasteiger partial charge in [-0.3, -0.25) is 9.59 Å². The molecule has 1 saturated heterocycles. The number of nitrogens with zero attached hydrogens (tertiary/aromatic N) is 1. The van der Waals surface area contributed by atoms with Crippen LogP contribution >= 0.6 is 23.2 Å². The summed E-state index contributed by atoms with van der Waals surface area (Å²) in [5, 5.41) is 0.706. The molecule has 1 aliphatic heterocycles. The number of ether oxygens (including phenoxy) is 2. The number of nitrogens with two attached hydrogens (primary N) is 1. The van der Waals surface area contributed by atoms with Gasteiger partial charge in [-0.1, -0.05) is 23.2 Å². The molecule has 9 heteroatoms. The molecule has 2 rings (SSSR count). The zero-order chi connectivity index (χ0) is 19.3. The van der Waals surface area contributed by atoms with E-state index in [0.717, 1.165) is 0 Å². The fraction of sp³-hybridized carbons (Fsp3) is 0.471. The Morgan fingerprint density at radius 3 is 2.73 bits per heavy atom. The maximum atomic E-state index is 12.2. The number of piperidine rings is 1. The van der Waals surface area contributed by atoms with Gasteiger partial charge in [0, 0.05) is 18.1 Å². The minimum atomic E-state index is -0.957. The third-order valence-electron chi connectivity index (χ3n) is 4.04. The molecule has 0 aromatic heterocycles. The van der Waals surface area contributed by atoms with Gasteiger partial charge in [0.15, 0.2) is 12.7 Å². The van der Waals surface area contributed by atoms with Crippen molar-refractivity contribution in [1.29, 1.82) is 0 Å². The van der Waals surface area contributed by atoms with E-state index < -0.39 is 24.6 Å². The van der Waals surface area contributed by atoms with E-state index in [1.165, 1.54) is 24.0 Å². The van der Waals surface area contributed by atoms with Crippen molar-refractivity contribution in [2.45, 2.75) is 25.9 Å². The van der Waals surface area contributed by atoms with Crippen molar-refractivity contribution < 1.29 is 23.9 Å². The molecule has 2 atom stereocenters. The molecule has 0 unspecified atom stereocenters. The van der Waals surface area contributed by atoms with Crippen LogP contribution in [0.5, 0.6) is 5.75 Å². The van der Waals surface area contributed by atoms with Crippen molar-refractivity contribution >= 4 is 41.0 Å². The van der Waals surface area contributed by atoms with Crippen LogP contribution in [-0.2, 0) is 19.1 Å². The van der Waals surface area contributed by atoms with Gasteiger partial charge in [-0.15, -0.1) is 0 Å². The van der Waals surface area contributed by atoms with Crippen LogP contribution in [0.15, 0.2) is 18.2 Å². The topological polar surface area (TPSA) is 98.9 Å². The summed E-state index contributed by atoms with van der Waals surface area (Å²) in [6, 6.07) is 4.61. The molecule has 1 aliphatic rings. The lowest BCUT2D eigenvalue weighted by molar-refractivity contribution is -0.158. The molecule has 26 heavy (non-hydrogen) atoms. The molecule has 7 nitrogen and oxygen atoms in total. The van der Waals surface area contributed by atoms with Gasteiger partial charge in [0.05, 0.1) is 10.9 Å². The maximum Gasteiger partial charge on any atom is 0.347 e. The number of hydrogen-bond donors (Lipinski definition) is 1. The van der Waals surface area contributed by atoms with E-state index in [2.05, 4.69) is 0 Å². The highest BCUT2D eigenvalue weighted by atomic mass is 35.5. The van der Waals surface area contributed by atoms with Crippen LogP contribution in [0.2, 0.25) is 10.0 Å². The number of carbonyl (C=O) groups excluding carboxylic acids is 3. The first-order chi connectivity index (χ1) is 12.3. The van der Waals surface area contributed by atoms with E-state index in [9.17, 15) is 14.4 Å². The third kappa shape index (κ3) is 5.51. The molecule has 1 aromatic carbocycles. The average molecular weight is 403 g/mol. The Labute approximate surface area is 161 Å². The van der Waals surface area contributed by atoms with E-state index in [1.807, 2.05) is 0 Å². The van der Waals surface area contributed by atoms with Crippen LogP contribution in [0, 0.1) is 5.92 Å². The molecular formula is C17H20Cl2N2O5. The van der Waals surface area contributed by atoms with Crippen LogP contribution < -0.4 is 10.5 Å². The van der Waals surface area contributed by atoms with Crippen molar-refractivity contribution in [1.82, 2.24) is 4.90 Å². The quantitative estimate of drug-likeness (QED) is 0.733. The molecule has 0 spiro atoms. The Morgan fingerprint density at radius 1 is 1.35 bits per heavy atom. The first-order valence-electron chi connectivity index (χ1n) is 8.13. The molecule has 0 saturated carbocycles. The Hall–Kier alpha value is -1.99. The van der Waals surface area contributed by atoms with Crippen molar-refractivity contribution in [3.63, 3.8) is 0 Å². The Kier molecular flexibility index (Phi) is 7.11. The van der Waals surface area contributed by atoms with Gasteiger partial charge in [0.25, 0.3) is 5.91 Å². The van der Waals surface area contributed by atoms with Crippen LogP contribution in [0.25, 0.3) is 0 Å². The predicted octanol–water partition coefficient (Wildman–Crippen LogP) is 2.03. The molecule has 1 heterocycles. The van der Waals surface area contributed by atoms with Crippen molar-refractivity contribution in [3.05, 3.63) is 28.2 Å². The lowest BCUT2D eigenvalue weighted by Crippen LogP contribution is -2.45. The van der Waals surface area contributed by atoms with Crippen LogP contribution in [0.3, 0.4) is 0 Å². The fourth-order valence-electron chi connectivity index (χ4n) is 2.59. The number of likely N-dealkylation sites (tertiary alicyclic amines) is 1. The van der Waals surface area contributed by atoms with Gasteiger partial charge in [0.1, 0.15) is 5.75 Å². The van der Waals surface area contributed by atoms with Crippen molar-refractivity contribution in [2.75, 3.05) is 19.7 Å². The number of rotatable bonds is 6. The number of halogens is 2. The second-order valence-electron chi connectivity index (χ2n) is 6.02. The van der Waals surface area contributed by atoms with Crippen molar-refractivity contribution in [3.8, 4) is 5.75 Å². The predicted molar refractivity (Wildman–Crippen MR) is 96.0 cm³/mol. The minimum Gasteiger partial charge on any atom is -0.477 e. The van der Waals surface area contributed by atoms with Gasteiger partial charge >= 0.3 is 5.97 Å². The molecule has 0 bridgehead atoms. The van der Waals surface area contributed by atoms with Gasteiger partial charge in [-0.2, -0.15) is 0 Å². The number of primary amides is 1. The van der Waals surface area contributed by atoms with Gasteiger partial charge in [-0.25, -0.2) is 4.79 Å². The normalized spacial score (nSPS) is 18.1. The number of benzene rings is 1. The van der Waals surface area contributed by atoms with Crippen LogP contribution in [0.4, 0.5) is 0 Å². The zero-order valence-electron chi connectivity index (χ0n) is 14.2. The van der Waals surface area contributed by atoms with Gasteiger partial charge in [0.2, 0.25) is 5.91 Å². The molecule has 0 aliphatic carbocycles. The molecule has 142 valence electrons. The largest absolute Gasteiger partial charge is 0.477 e. The highest BCUT2D eigenvalue weighted by Gasteiger charge is 2.28. The standard InChI is InChI=1S/C17H20Cl2N2O5/c1-10(26-14-5-4-12(18)7-13(14)19)17(24)25-9-15(22)21-6-2-3-11(8-21)16(20)23/h4-5,7,10-11H,2-3,6,8-9H2,1H3,(H2,20,23)/t10-,11-/m1/s1. The summed E-state index contributed by atoms with van der Waals surface area (Å²) in [6.07, 6.45) is 0.384. The molecule has 1 aromatic rings. The van der Waals surface area contributed by atoms with Gasteiger partial charge in [-0.05, 0) is 38.0 Å². The van der Waals surface area contributed by atoms with Gasteiger partial charge < -0.3 is 20.1 Å². The highest BCUT2D eigenvalue weighted by molar-refractivity contribution is 6.35. The Bertz CT molecular complexity index is 698. The fourth-order valence-corrected chi connectivity index (χ4v) is 3.04. The summed E-state index contributed by atoms with van der Waals surface area (Å²) < 4.78 is 10.4. The van der Waals surface area contributed by atoms with E-state index >= 15 is 0 Å². The summed E-state index contributed by atoms with van der Waals surface area (Å²) in [6.45, 7) is 1.82. The lowest BCUT2D eigenvalue weighted by atomic mass is 9.97. The number of amides is 2. The smallest absolute Gasteiger partial charge is 0.347 e. The van der Waals surface area contributed by atoms with Crippen LogP contribution in [0.1, 0.15) is 19.8 Å². The summed E-state index contributed by atoms with van der Waals surface area (Å²) in [7, 11) is 0. The Balaban J connectivity index is 1.83. The second-order valence-corrected chi connectivity index (χ2v) is 6.87. The van der Waals surface area contributed by atoms with E-state index in [1.54, 1.807) is 6.07 Å². The SMILES string of the molecule is C[C@@H](Oc1ccc(Cl)cc1Cl)C(=O)OCC(=O)N1CCC[C@@H](C(N)=O)C1. The third-order valence-corrected chi connectivity index (χ3v) is 4.57. The first-order valence-corrected chi connectivity index (χ1v) is 8.89. The van der Waals surface area contributed by atoms with E-state index in [0.29, 0.717) is 24.4 Å². The zero-order valence-corrected chi connectivity index (χ0v) is 15.8. The summed E-state index contributed by atoms with van der Waals surface area (Å²) in [5.41, 5.74) is 5.29. The minimum absolute atomic E-state index is 0.248. The molecule has 1 fully saturated rings. The highest BCUT2D eigenvalue weighted by Crippen LogP contribution is 2.28. The summed E-state index contributed by atoms with van der Waals surface area (Å²) >= 11 is 11.8. The maximum absolute atomic E-state index is 12.2. The molecule has 2 amide bonds. The molecular weight excluding hydrogens is 383 g/mol. The number of esters is 1. The second kappa shape index (κ2) is 9.09. The van der Waals surface area contributed by atoms with Crippen molar-refractivity contribution in [2.24, 2.45) is 11.7 Å². The monoisotopic (exact) mass is 402 g/mol. The number of carbonyl (C=O) groups is 3. The Morgan fingerprint density at radius 2 is 2.08 bits per heavy atom. The number of hydrogen-bond acceptors (Lipinski definition) is 5. The van der Waals surface area contributed by atoms with E-state index in [-0.39, 0.29) is 29.1 Å². The summed E-state index contributed by atoms with van der Waals surface area (Å²) in [4.78, 5) is 36.9. The lowest BCUT2D eigenvalue weighted by Gasteiger charge is -2.31. The average Bonchev–Trinajstić information content (AvgIpc) is 2.61. The van der Waals surface area contributed by atoms with E-state index in [4.69, 9.17) is 38.4 Å².